The first-order chi connectivity index (χ1) is 20.2. The van der Waals surface area contributed by atoms with Crippen LogP contribution in [0.2, 0.25) is 0 Å². The summed E-state index contributed by atoms with van der Waals surface area (Å²) in [4.78, 5) is 50.2. The number of hydrogen-bond acceptors (Lipinski definition) is 15. The van der Waals surface area contributed by atoms with Crippen molar-refractivity contribution in [1.82, 2.24) is 0 Å². The minimum atomic E-state index is -2.37. The number of hydrogen-bond donors (Lipinski definition) is 4. The molecule has 0 aromatic rings. The summed E-state index contributed by atoms with van der Waals surface area (Å²) in [5.41, 5.74) is 0. The van der Waals surface area contributed by atoms with Crippen molar-refractivity contribution in [3.8, 4) is 0 Å². The smallest absolute Gasteiger partial charge is 0.308 e. The Bertz CT molecular complexity index is 939. The molecule has 2 fully saturated rings. The summed E-state index contributed by atoms with van der Waals surface area (Å²) >= 11 is 0. The van der Waals surface area contributed by atoms with Gasteiger partial charge in [-0.05, 0) is 6.42 Å². The van der Waals surface area contributed by atoms with Crippen LogP contribution in [0.1, 0.15) is 67.2 Å². The third-order valence-electron chi connectivity index (χ3n) is 6.95. The van der Waals surface area contributed by atoms with Crippen LogP contribution in [0.25, 0.3) is 0 Å². The standard InChI is InChI=1S/C28H46O15/c1-7-8-9-10-19(33)39-24-20(34)17(11-29)42-28(24,13-31)43-27-23(37-16(6)32)22(41-26(36)15(4)5)21(18(12-30)38-27)40-25(35)14(2)3/h14-15,17-18,20-24,27,29-31,34H,7-13H2,1-6H3/t17-,18-,20-,21-,22+,23-,24+,27-,28+/m1/s1. The molecule has 2 aliphatic rings. The molecule has 0 unspecified atom stereocenters. The maximum Gasteiger partial charge on any atom is 0.308 e. The minimum Gasteiger partial charge on any atom is -0.455 e. The van der Waals surface area contributed by atoms with E-state index in [0.717, 1.165) is 19.8 Å². The lowest BCUT2D eigenvalue weighted by molar-refractivity contribution is -0.384. The van der Waals surface area contributed by atoms with Gasteiger partial charge >= 0.3 is 23.9 Å². The Morgan fingerprint density at radius 1 is 0.814 bits per heavy atom. The SMILES string of the molecule is CCCCCC(=O)O[C@H]1[C@H](O)[C@@H](CO)O[C@@]1(CO)O[C@H]1O[C@H](CO)[C@@H](OC(=O)C(C)C)[C@H](OC(=O)C(C)C)[C@H]1OC(C)=O. The molecule has 0 aromatic carbocycles. The maximum atomic E-state index is 12.7. The summed E-state index contributed by atoms with van der Waals surface area (Å²) in [5.74, 6) is -6.79. The van der Waals surface area contributed by atoms with E-state index < -0.39 is 110 Å². The predicted octanol–water partition coefficient (Wildman–Crippen LogP) is -0.280. The highest BCUT2D eigenvalue weighted by Gasteiger charge is 2.62. The summed E-state index contributed by atoms with van der Waals surface area (Å²) in [6, 6.07) is 0. The fraction of sp³-hybridized carbons (Fsp3) is 0.857. The van der Waals surface area contributed by atoms with Gasteiger partial charge in [-0.2, -0.15) is 0 Å². The van der Waals surface area contributed by atoms with Crippen molar-refractivity contribution in [2.45, 2.75) is 122 Å². The van der Waals surface area contributed by atoms with Crippen molar-refractivity contribution in [3.63, 3.8) is 0 Å². The van der Waals surface area contributed by atoms with Crippen LogP contribution in [0, 0.1) is 11.8 Å². The van der Waals surface area contributed by atoms with Crippen molar-refractivity contribution < 1.29 is 72.8 Å². The Kier molecular flexibility index (Phi) is 14.2. The maximum absolute atomic E-state index is 12.7. The van der Waals surface area contributed by atoms with E-state index in [1.807, 2.05) is 6.92 Å². The Balaban J connectivity index is 2.55. The molecule has 0 saturated carbocycles. The fourth-order valence-electron chi connectivity index (χ4n) is 4.58. The van der Waals surface area contributed by atoms with Crippen molar-refractivity contribution in [2.24, 2.45) is 11.8 Å². The molecule has 0 radical (unpaired) electrons. The van der Waals surface area contributed by atoms with Crippen molar-refractivity contribution in [2.75, 3.05) is 19.8 Å². The zero-order chi connectivity index (χ0) is 32.5. The molecule has 2 saturated heterocycles. The highest BCUT2D eigenvalue weighted by Crippen LogP contribution is 2.39. The number of unbranched alkanes of at least 4 members (excludes halogenated alkanes) is 2. The average Bonchev–Trinajstić information content (AvgIpc) is 3.21. The van der Waals surface area contributed by atoms with Crippen molar-refractivity contribution >= 4 is 23.9 Å². The summed E-state index contributed by atoms with van der Waals surface area (Å²) in [6.45, 7) is 6.59. The number of carbonyl (C=O) groups is 4. The number of aliphatic hydroxyl groups excluding tert-OH is 4. The Morgan fingerprint density at radius 3 is 1.88 bits per heavy atom. The lowest BCUT2D eigenvalue weighted by Gasteiger charge is -2.46. The van der Waals surface area contributed by atoms with Gasteiger partial charge in [0, 0.05) is 13.3 Å². The molecule has 0 amide bonds. The highest BCUT2D eigenvalue weighted by atomic mass is 16.8. The summed E-state index contributed by atoms with van der Waals surface area (Å²) in [7, 11) is 0. The lowest BCUT2D eigenvalue weighted by Crippen LogP contribution is -2.65. The van der Waals surface area contributed by atoms with E-state index in [4.69, 9.17) is 33.2 Å². The van der Waals surface area contributed by atoms with Crippen LogP contribution in [-0.2, 0) is 52.3 Å². The Morgan fingerprint density at radius 2 is 1.40 bits per heavy atom. The Hall–Kier alpha value is -2.40. The van der Waals surface area contributed by atoms with Gasteiger partial charge in [-0.3, -0.25) is 19.2 Å². The topological polar surface area (TPSA) is 214 Å². The van der Waals surface area contributed by atoms with Gasteiger partial charge in [0.1, 0.15) is 24.9 Å². The third-order valence-corrected chi connectivity index (χ3v) is 6.95. The molecule has 0 spiro atoms. The lowest BCUT2D eigenvalue weighted by atomic mass is 9.97. The van der Waals surface area contributed by atoms with Crippen LogP contribution in [0.5, 0.6) is 0 Å². The second kappa shape index (κ2) is 16.6. The minimum absolute atomic E-state index is 0.0128. The van der Waals surface area contributed by atoms with E-state index in [1.54, 1.807) is 13.8 Å². The third kappa shape index (κ3) is 9.30. The van der Waals surface area contributed by atoms with E-state index in [0.29, 0.717) is 6.42 Å². The number of ether oxygens (including phenoxy) is 7. The van der Waals surface area contributed by atoms with Gasteiger partial charge in [0.05, 0.1) is 25.0 Å². The monoisotopic (exact) mass is 622 g/mol. The van der Waals surface area contributed by atoms with E-state index in [-0.39, 0.29) is 6.42 Å². The van der Waals surface area contributed by atoms with E-state index in [9.17, 15) is 39.6 Å². The van der Waals surface area contributed by atoms with Crippen LogP contribution in [-0.4, -0.2) is 119 Å². The van der Waals surface area contributed by atoms with Gasteiger partial charge in [0.2, 0.25) is 12.1 Å². The summed E-state index contributed by atoms with van der Waals surface area (Å²) in [6.07, 6.45) is -10.6. The molecule has 0 bridgehead atoms. The molecular formula is C28H46O15. The first-order valence-electron chi connectivity index (χ1n) is 14.5. The number of carbonyl (C=O) groups excluding carboxylic acids is 4. The van der Waals surface area contributed by atoms with E-state index >= 15 is 0 Å². The van der Waals surface area contributed by atoms with Crippen LogP contribution >= 0.6 is 0 Å². The van der Waals surface area contributed by atoms with Gasteiger partial charge in [0.15, 0.2) is 24.4 Å². The van der Waals surface area contributed by atoms with Crippen LogP contribution in [0.4, 0.5) is 0 Å². The van der Waals surface area contributed by atoms with Gasteiger partial charge in [0.25, 0.3) is 0 Å². The van der Waals surface area contributed by atoms with Crippen molar-refractivity contribution in [1.29, 1.82) is 0 Å². The molecule has 2 rings (SSSR count). The molecule has 248 valence electrons. The second-order valence-corrected chi connectivity index (χ2v) is 11.2. The van der Waals surface area contributed by atoms with Crippen molar-refractivity contribution in [3.05, 3.63) is 0 Å². The fourth-order valence-corrected chi connectivity index (χ4v) is 4.58. The molecule has 2 heterocycles. The van der Waals surface area contributed by atoms with E-state index in [1.165, 1.54) is 13.8 Å². The second-order valence-electron chi connectivity index (χ2n) is 11.2. The molecule has 9 atom stereocenters. The number of aliphatic hydroxyl groups is 4. The van der Waals surface area contributed by atoms with Gasteiger partial charge in [-0.1, -0.05) is 47.5 Å². The van der Waals surface area contributed by atoms with Gasteiger partial charge < -0.3 is 53.6 Å². The summed E-state index contributed by atoms with van der Waals surface area (Å²) < 4.78 is 39.6. The zero-order valence-electron chi connectivity index (χ0n) is 25.5. The van der Waals surface area contributed by atoms with E-state index in [2.05, 4.69) is 0 Å². The first kappa shape index (κ1) is 36.8. The molecule has 0 aromatic heterocycles. The molecule has 15 nitrogen and oxygen atoms in total. The molecule has 15 heteroatoms. The zero-order valence-corrected chi connectivity index (χ0v) is 25.5. The quantitative estimate of drug-likeness (QED) is 0.105. The largest absolute Gasteiger partial charge is 0.455 e. The van der Waals surface area contributed by atoms with Crippen LogP contribution in [0.15, 0.2) is 0 Å². The van der Waals surface area contributed by atoms with Gasteiger partial charge in [-0.25, -0.2) is 0 Å². The normalized spacial score (nSPS) is 32.5. The molecule has 0 aliphatic carbocycles. The molecule has 43 heavy (non-hydrogen) atoms. The van der Waals surface area contributed by atoms with Gasteiger partial charge in [-0.15, -0.1) is 0 Å². The highest BCUT2D eigenvalue weighted by molar-refractivity contribution is 5.73. The number of rotatable bonds is 15. The molecular weight excluding hydrogens is 576 g/mol. The average molecular weight is 623 g/mol. The molecule has 2 aliphatic heterocycles. The Labute approximate surface area is 250 Å². The van der Waals surface area contributed by atoms with Crippen LogP contribution in [0.3, 0.4) is 0 Å². The molecule has 4 N–H and O–H groups in total. The van der Waals surface area contributed by atoms with Crippen LogP contribution < -0.4 is 0 Å². The first-order valence-corrected chi connectivity index (χ1v) is 14.5. The summed E-state index contributed by atoms with van der Waals surface area (Å²) in [5, 5.41) is 41.3. The number of esters is 4. The predicted molar refractivity (Wildman–Crippen MR) is 144 cm³/mol.